The number of rotatable bonds is 5. The Kier molecular flexibility index (Phi) is 5.52. The molecule has 0 bridgehead atoms. The molecule has 0 amide bonds. The fraction of sp³-hybridized carbons (Fsp3) is 0.625. The molecule has 2 heterocycles. The van der Waals surface area contributed by atoms with E-state index in [0.29, 0.717) is 6.04 Å². The van der Waals surface area contributed by atoms with Gasteiger partial charge in [0, 0.05) is 35.6 Å². The normalized spacial score (nSPS) is 22.6. The van der Waals surface area contributed by atoms with Gasteiger partial charge in [-0.2, -0.15) is 0 Å². The Hall–Kier alpha value is -0.620. The maximum atomic E-state index is 5.73. The Morgan fingerprint density at radius 1 is 1.24 bits per heavy atom. The highest BCUT2D eigenvalue weighted by Crippen LogP contribution is 2.33. The first-order valence-corrected chi connectivity index (χ1v) is 8.58. The fourth-order valence-corrected chi connectivity index (χ4v) is 3.36. The van der Waals surface area contributed by atoms with Crippen molar-refractivity contribution >= 4 is 15.9 Å². The SMILES string of the molecule is Brc1ccc2c(c1)C(NCCCN1CCOCC1)CCO2. The lowest BCUT2D eigenvalue weighted by Crippen LogP contribution is -2.38. The van der Waals surface area contributed by atoms with Gasteiger partial charge >= 0.3 is 0 Å². The Labute approximate surface area is 134 Å². The zero-order chi connectivity index (χ0) is 14.5. The van der Waals surface area contributed by atoms with Gasteiger partial charge < -0.3 is 14.8 Å². The number of ether oxygens (including phenoxy) is 2. The van der Waals surface area contributed by atoms with E-state index in [9.17, 15) is 0 Å². The van der Waals surface area contributed by atoms with Crippen LogP contribution >= 0.6 is 15.9 Å². The van der Waals surface area contributed by atoms with Crippen LogP contribution in [0.1, 0.15) is 24.4 Å². The van der Waals surface area contributed by atoms with Crippen LogP contribution in [0.2, 0.25) is 0 Å². The van der Waals surface area contributed by atoms with Gasteiger partial charge in [-0.3, -0.25) is 4.90 Å². The van der Waals surface area contributed by atoms with E-state index in [4.69, 9.17) is 9.47 Å². The van der Waals surface area contributed by atoms with Gasteiger partial charge in [-0.25, -0.2) is 0 Å². The van der Waals surface area contributed by atoms with Crippen molar-refractivity contribution in [2.75, 3.05) is 46.0 Å². The lowest BCUT2D eigenvalue weighted by Gasteiger charge is -2.29. The molecule has 0 aliphatic carbocycles. The minimum Gasteiger partial charge on any atom is -0.493 e. The topological polar surface area (TPSA) is 33.7 Å². The first kappa shape index (κ1) is 15.3. The zero-order valence-electron chi connectivity index (χ0n) is 12.3. The van der Waals surface area contributed by atoms with Crippen LogP contribution in [0.3, 0.4) is 0 Å². The van der Waals surface area contributed by atoms with Crippen LogP contribution in [0, 0.1) is 0 Å². The van der Waals surface area contributed by atoms with E-state index in [1.54, 1.807) is 0 Å². The predicted octanol–water partition coefficient (Wildman–Crippen LogP) is 2.58. The smallest absolute Gasteiger partial charge is 0.124 e. The highest BCUT2D eigenvalue weighted by Gasteiger charge is 2.21. The number of nitrogens with one attached hydrogen (secondary N) is 1. The average Bonchev–Trinajstić information content (AvgIpc) is 2.53. The van der Waals surface area contributed by atoms with Gasteiger partial charge in [0.25, 0.3) is 0 Å². The van der Waals surface area contributed by atoms with Crippen LogP contribution in [-0.2, 0) is 4.74 Å². The minimum absolute atomic E-state index is 0.413. The second-order valence-corrected chi connectivity index (χ2v) is 6.55. The molecular formula is C16H23BrN2O2. The molecule has 0 saturated carbocycles. The summed E-state index contributed by atoms with van der Waals surface area (Å²) in [4.78, 5) is 2.49. The standard InChI is InChI=1S/C16H23BrN2O2/c17-13-2-3-16-14(12-13)15(4-9-21-16)18-5-1-6-19-7-10-20-11-8-19/h2-3,12,15,18H,1,4-11H2. The monoisotopic (exact) mass is 354 g/mol. The predicted molar refractivity (Wildman–Crippen MR) is 86.9 cm³/mol. The highest BCUT2D eigenvalue weighted by atomic mass is 79.9. The number of hydrogen-bond donors (Lipinski definition) is 1. The maximum absolute atomic E-state index is 5.73. The molecule has 1 aromatic carbocycles. The summed E-state index contributed by atoms with van der Waals surface area (Å²) in [7, 11) is 0. The summed E-state index contributed by atoms with van der Waals surface area (Å²) in [5.41, 5.74) is 1.28. The molecule has 5 heteroatoms. The minimum atomic E-state index is 0.413. The third kappa shape index (κ3) is 4.19. The maximum Gasteiger partial charge on any atom is 0.124 e. The van der Waals surface area contributed by atoms with Gasteiger partial charge in [0.15, 0.2) is 0 Å². The van der Waals surface area contributed by atoms with Crippen LogP contribution < -0.4 is 10.1 Å². The Bertz CT molecular complexity index is 464. The Morgan fingerprint density at radius 3 is 2.95 bits per heavy atom. The molecule has 1 fully saturated rings. The Morgan fingerprint density at radius 2 is 2.10 bits per heavy atom. The lowest BCUT2D eigenvalue weighted by atomic mass is 10.0. The fourth-order valence-electron chi connectivity index (χ4n) is 2.98. The van der Waals surface area contributed by atoms with Crippen molar-refractivity contribution in [2.24, 2.45) is 0 Å². The third-order valence-electron chi connectivity index (χ3n) is 4.16. The second kappa shape index (κ2) is 7.58. The van der Waals surface area contributed by atoms with Crippen molar-refractivity contribution in [3.63, 3.8) is 0 Å². The molecule has 21 heavy (non-hydrogen) atoms. The van der Waals surface area contributed by atoms with Gasteiger partial charge in [-0.05, 0) is 37.7 Å². The zero-order valence-corrected chi connectivity index (χ0v) is 13.9. The van der Waals surface area contributed by atoms with E-state index < -0.39 is 0 Å². The summed E-state index contributed by atoms with van der Waals surface area (Å²) < 4.78 is 12.2. The van der Waals surface area contributed by atoms with E-state index in [1.807, 2.05) is 6.07 Å². The van der Waals surface area contributed by atoms with Crippen molar-refractivity contribution in [3.05, 3.63) is 28.2 Å². The third-order valence-corrected chi connectivity index (χ3v) is 4.65. The summed E-state index contributed by atoms with van der Waals surface area (Å²) in [5, 5.41) is 3.69. The van der Waals surface area contributed by atoms with E-state index >= 15 is 0 Å². The van der Waals surface area contributed by atoms with Gasteiger partial charge in [0.1, 0.15) is 5.75 Å². The van der Waals surface area contributed by atoms with Crippen LogP contribution in [0.4, 0.5) is 0 Å². The van der Waals surface area contributed by atoms with Gasteiger partial charge in [-0.1, -0.05) is 15.9 Å². The number of hydrogen-bond acceptors (Lipinski definition) is 4. The second-order valence-electron chi connectivity index (χ2n) is 5.63. The van der Waals surface area contributed by atoms with E-state index in [2.05, 4.69) is 38.3 Å². The molecule has 3 rings (SSSR count). The molecule has 1 atom stereocenters. The molecule has 2 aliphatic rings. The molecule has 1 unspecified atom stereocenters. The van der Waals surface area contributed by atoms with Crippen LogP contribution in [-0.4, -0.2) is 50.9 Å². The molecule has 116 valence electrons. The summed E-state index contributed by atoms with van der Waals surface area (Å²) in [6.07, 6.45) is 2.22. The summed E-state index contributed by atoms with van der Waals surface area (Å²) in [6, 6.07) is 6.69. The van der Waals surface area contributed by atoms with Crippen molar-refractivity contribution in [3.8, 4) is 5.75 Å². The van der Waals surface area contributed by atoms with Crippen molar-refractivity contribution < 1.29 is 9.47 Å². The number of halogens is 1. The molecule has 0 aromatic heterocycles. The van der Waals surface area contributed by atoms with Gasteiger partial charge in [0.05, 0.1) is 19.8 Å². The summed E-state index contributed by atoms with van der Waals surface area (Å²) >= 11 is 3.55. The van der Waals surface area contributed by atoms with Crippen molar-refractivity contribution in [1.29, 1.82) is 0 Å². The molecule has 2 aliphatic heterocycles. The molecule has 0 radical (unpaired) electrons. The molecular weight excluding hydrogens is 332 g/mol. The van der Waals surface area contributed by atoms with E-state index in [-0.39, 0.29) is 0 Å². The number of nitrogens with zero attached hydrogens (tertiary/aromatic N) is 1. The quantitative estimate of drug-likeness (QED) is 0.824. The highest BCUT2D eigenvalue weighted by molar-refractivity contribution is 9.10. The van der Waals surface area contributed by atoms with Gasteiger partial charge in [0.2, 0.25) is 0 Å². The largest absolute Gasteiger partial charge is 0.493 e. The molecule has 1 saturated heterocycles. The lowest BCUT2D eigenvalue weighted by molar-refractivity contribution is 0.0373. The molecule has 0 spiro atoms. The number of benzene rings is 1. The number of morpholine rings is 1. The van der Waals surface area contributed by atoms with E-state index in [1.165, 1.54) is 12.0 Å². The van der Waals surface area contributed by atoms with Crippen LogP contribution in [0.5, 0.6) is 5.75 Å². The van der Waals surface area contributed by atoms with Crippen molar-refractivity contribution in [2.45, 2.75) is 18.9 Å². The molecule has 1 N–H and O–H groups in total. The van der Waals surface area contributed by atoms with E-state index in [0.717, 1.165) is 62.6 Å². The van der Waals surface area contributed by atoms with Crippen LogP contribution in [0.25, 0.3) is 0 Å². The molecule has 4 nitrogen and oxygen atoms in total. The Balaban J connectivity index is 1.46. The average molecular weight is 355 g/mol. The van der Waals surface area contributed by atoms with Gasteiger partial charge in [-0.15, -0.1) is 0 Å². The summed E-state index contributed by atoms with van der Waals surface area (Å²) in [5.74, 6) is 1.02. The first-order valence-electron chi connectivity index (χ1n) is 7.79. The molecule has 1 aromatic rings. The summed E-state index contributed by atoms with van der Waals surface area (Å²) in [6.45, 7) is 6.93. The first-order chi connectivity index (χ1) is 10.3. The number of fused-ring (bicyclic) bond motifs is 1. The van der Waals surface area contributed by atoms with Crippen LogP contribution in [0.15, 0.2) is 22.7 Å². The van der Waals surface area contributed by atoms with Crippen molar-refractivity contribution in [1.82, 2.24) is 10.2 Å².